The van der Waals surface area contributed by atoms with Crippen LogP contribution in [0.15, 0.2) is 22.7 Å². The summed E-state index contributed by atoms with van der Waals surface area (Å²) in [4.78, 5) is 24.5. The van der Waals surface area contributed by atoms with E-state index in [1.54, 1.807) is 31.0 Å². The zero-order valence-electron chi connectivity index (χ0n) is 11.5. The topological polar surface area (TPSA) is 61.4 Å². The van der Waals surface area contributed by atoms with Crippen molar-refractivity contribution in [3.8, 4) is 0 Å². The monoisotopic (exact) mass is 345 g/mol. The van der Waals surface area contributed by atoms with Gasteiger partial charge in [-0.15, -0.1) is 0 Å². The minimum atomic E-state index is -0.566. The molecule has 0 aliphatic heterocycles. The van der Waals surface area contributed by atoms with Crippen LogP contribution in [0.1, 0.15) is 12.5 Å². The van der Waals surface area contributed by atoms with Crippen LogP contribution in [0.2, 0.25) is 0 Å². The number of halogens is 2. The highest BCUT2D eigenvalue weighted by atomic mass is 79.9. The van der Waals surface area contributed by atoms with E-state index in [-0.39, 0.29) is 12.4 Å². The number of hydrogen-bond donors (Lipinski definition) is 2. The Labute approximate surface area is 125 Å². The number of urea groups is 1. The fourth-order valence-electron chi connectivity index (χ4n) is 1.55. The van der Waals surface area contributed by atoms with E-state index in [9.17, 15) is 14.0 Å². The van der Waals surface area contributed by atoms with E-state index in [1.165, 1.54) is 13.1 Å². The lowest BCUT2D eigenvalue weighted by Gasteiger charge is -2.23. The van der Waals surface area contributed by atoms with Crippen molar-refractivity contribution in [1.29, 1.82) is 0 Å². The Bertz CT molecular complexity index is 510. The fraction of sp³-hybridized carbons (Fsp3) is 0.385. The number of nitrogens with zero attached hydrogens (tertiary/aromatic N) is 1. The maximum Gasteiger partial charge on any atom is 0.321 e. The summed E-state index contributed by atoms with van der Waals surface area (Å²) in [7, 11) is 3.11. The van der Waals surface area contributed by atoms with Crippen LogP contribution < -0.4 is 10.6 Å². The number of amides is 3. The molecule has 0 spiro atoms. The highest BCUT2D eigenvalue weighted by Gasteiger charge is 2.20. The second-order valence-corrected chi connectivity index (χ2v) is 5.31. The van der Waals surface area contributed by atoms with E-state index in [1.807, 2.05) is 0 Å². The van der Waals surface area contributed by atoms with Crippen molar-refractivity contribution in [3.63, 3.8) is 0 Å². The number of likely N-dealkylation sites (N-methyl/N-ethyl adjacent to an activating group) is 1. The largest absolute Gasteiger partial charge is 0.341 e. The zero-order valence-corrected chi connectivity index (χ0v) is 13.1. The first-order valence-corrected chi connectivity index (χ1v) is 6.81. The molecule has 2 N–H and O–H groups in total. The summed E-state index contributed by atoms with van der Waals surface area (Å²) < 4.78 is 14.4. The third-order valence-corrected chi connectivity index (χ3v) is 3.43. The zero-order chi connectivity index (χ0) is 15.3. The lowest BCUT2D eigenvalue weighted by Crippen LogP contribution is -2.47. The Morgan fingerprint density at radius 1 is 1.45 bits per heavy atom. The predicted octanol–water partition coefficient (Wildman–Crippen LogP) is 1.86. The van der Waals surface area contributed by atoms with E-state index in [0.29, 0.717) is 5.56 Å². The molecule has 7 heteroatoms. The van der Waals surface area contributed by atoms with Crippen molar-refractivity contribution in [2.45, 2.75) is 19.5 Å². The standard InChI is InChI=1S/C13H17BrFN3O2/c1-8(12(19)17-13(20)16-2)18(3)7-9-6-10(14)4-5-11(9)15/h4-6,8H,7H2,1-3H3,(H2,16,17,19,20)/t8-/m0/s1. The number of carbonyl (C=O) groups excluding carboxylic acids is 2. The van der Waals surface area contributed by atoms with E-state index in [2.05, 4.69) is 26.6 Å². The minimum absolute atomic E-state index is 0.258. The SMILES string of the molecule is CNC(=O)NC(=O)[C@H](C)N(C)Cc1cc(Br)ccc1F. The molecular weight excluding hydrogens is 329 g/mol. The first-order valence-electron chi connectivity index (χ1n) is 6.02. The molecule has 0 aliphatic rings. The molecular formula is C13H17BrFN3O2. The Morgan fingerprint density at radius 2 is 2.10 bits per heavy atom. The van der Waals surface area contributed by atoms with Crippen molar-refractivity contribution in [2.24, 2.45) is 0 Å². The van der Waals surface area contributed by atoms with Gasteiger partial charge in [0.25, 0.3) is 0 Å². The summed E-state index contributed by atoms with van der Waals surface area (Å²) in [6.07, 6.45) is 0. The van der Waals surface area contributed by atoms with Gasteiger partial charge in [-0.2, -0.15) is 0 Å². The summed E-state index contributed by atoms with van der Waals surface area (Å²) in [5.41, 5.74) is 0.474. The van der Waals surface area contributed by atoms with Crippen molar-refractivity contribution >= 4 is 27.9 Å². The average Bonchev–Trinajstić information content (AvgIpc) is 2.41. The molecule has 1 aromatic carbocycles. The number of hydrogen-bond acceptors (Lipinski definition) is 3. The van der Waals surface area contributed by atoms with Crippen molar-refractivity contribution in [3.05, 3.63) is 34.1 Å². The molecule has 0 unspecified atom stereocenters. The van der Waals surface area contributed by atoms with Crippen LogP contribution in [0.5, 0.6) is 0 Å². The normalized spacial score (nSPS) is 12.1. The van der Waals surface area contributed by atoms with Crippen LogP contribution >= 0.6 is 15.9 Å². The summed E-state index contributed by atoms with van der Waals surface area (Å²) in [6, 6.07) is 3.51. The lowest BCUT2D eigenvalue weighted by atomic mass is 10.1. The molecule has 0 aromatic heterocycles. The van der Waals surface area contributed by atoms with Crippen LogP contribution in [0.4, 0.5) is 9.18 Å². The lowest BCUT2D eigenvalue weighted by molar-refractivity contribution is -0.124. The van der Waals surface area contributed by atoms with Crippen molar-refractivity contribution < 1.29 is 14.0 Å². The Kier molecular flexibility index (Phi) is 6.09. The molecule has 1 atom stereocenters. The molecule has 1 rings (SSSR count). The van der Waals surface area contributed by atoms with Crippen molar-refractivity contribution in [1.82, 2.24) is 15.5 Å². The minimum Gasteiger partial charge on any atom is -0.341 e. The maximum absolute atomic E-state index is 13.6. The van der Waals surface area contributed by atoms with Gasteiger partial charge in [0, 0.05) is 23.6 Å². The van der Waals surface area contributed by atoms with E-state index >= 15 is 0 Å². The van der Waals surface area contributed by atoms with E-state index in [4.69, 9.17) is 0 Å². The fourth-order valence-corrected chi connectivity index (χ4v) is 1.96. The predicted molar refractivity (Wildman–Crippen MR) is 77.6 cm³/mol. The molecule has 0 fully saturated rings. The van der Waals surface area contributed by atoms with Gasteiger partial charge in [0.15, 0.2) is 0 Å². The van der Waals surface area contributed by atoms with Crippen LogP contribution in [0.3, 0.4) is 0 Å². The van der Waals surface area contributed by atoms with Gasteiger partial charge >= 0.3 is 6.03 Å². The highest BCUT2D eigenvalue weighted by molar-refractivity contribution is 9.10. The molecule has 0 bridgehead atoms. The third kappa shape index (κ3) is 4.57. The molecule has 0 saturated heterocycles. The average molecular weight is 346 g/mol. The third-order valence-electron chi connectivity index (χ3n) is 2.93. The number of nitrogens with one attached hydrogen (secondary N) is 2. The second kappa shape index (κ2) is 7.35. The van der Waals surface area contributed by atoms with Crippen LogP contribution in [0, 0.1) is 5.82 Å². The number of imide groups is 1. The van der Waals surface area contributed by atoms with Crippen LogP contribution in [-0.2, 0) is 11.3 Å². The Hall–Kier alpha value is -1.47. The summed E-state index contributed by atoms with van der Waals surface area (Å²) >= 11 is 3.28. The number of carbonyl (C=O) groups is 2. The van der Waals surface area contributed by atoms with Crippen LogP contribution in [-0.4, -0.2) is 37.0 Å². The Morgan fingerprint density at radius 3 is 2.70 bits per heavy atom. The number of rotatable bonds is 4. The molecule has 0 radical (unpaired) electrons. The first-order chi connectivity index (χ1) is 9.35. The van der Waals surface area contributed by atoms with Gasteiger partial charge in [-0.3, -0.25) is 15.0 Å². The van der Waals surface area contributed by atoms with Gasteiger partial charge in [-0.25, -0.2) is 9.18 Å². The molecule has 20 heavy (non-hydrogen) atoms. The van der Waals surface area contributed by atoms with Gasteiger partial charge in [0.1, 0.15) is 5.82 Å². The maximum atomic E-state index is 13.6. The van der Waals surface area contributed by atoms with E-state index in [0.717, 1.165) is 4.47 Å². The molecule has 0 saturated carbocycles. The summed E-state index contributed by atoms with van der Waals surface area (Å²) in [5.74, 6) is -0.777. The molecule has 1 aromatic rings. The van der Waals surface area contributed by atoms with Crippen molar-refractivity contribution in [2.75, 3.05) is 14.1 Å². The first kappa shape index (κ1) is 16.6. The van der Waals surface area contributed by atoms with Gasteiger partial charge in [-0.05, 0) is 32.2 Å². The molecule has 3 amide bonds. The second-order valence-electron chi connectivity index (χ2n) is 4.40. The van der Waals surface area contributed by atoms with E-state index < -0.39 is 18.0 Å². The van der Waals surface area contributed by atoms with Crippen LogP contribution in [0.25, 0.3) is 0 Å². The molecule has 110 valence electrons. The van der Waals surface area contributed by atoms with Gasteiger partial charge in [0.2, 0.25) is 5.91 Å². The molecule has 0 aliphatic carbocycles. The summed E-state index contributed by atoms with van der Waals surface area (Å²) in [5, 5.41) is 4.49. The smallest absolute Gasteiger partial charge is 0.321 e. The molecule has 0 heterocycles. The Balaban J connectivity index is 2.70. The number of benzene rings is 1. The van der Waals surface area contributed by atoms with Gasteiger partial charge < -0.3 is 5.32 Å². The quantitative estimate of drug-likeness (QED) is 0.875. The van der Waals surface area contributed by atoms with Gasteiger partial charge in [-0.1, -0.05) is 15.9 Å². The van der Waals surface area contributed by atoms with Gasteiger partial charge in [0.05, 0.1) is 6.04 Å². The summed E-state index contributed by atoms with van der Waals surface area (Å²) in [6.45, 7) is 1.90. The molecule has 5 nitrogen and oxygen atoms in total. The highest BCUT2D eigenvalue weighted by Crippen LogP contribution is 2.17.